The van der Waals surface area contributed by atoms with Gasteiger partial charge in [0.05, 0.1) is 17.8 Å². The van der Waals surface area contributed by atoms with Crippen LogP contribution >= 0.6 is 23.4 Å². The molecule has 178 valence electrons. The standard InChI is InChI=1S/C19H14ClF3N6O4S/c20-8-3-14(27-25-11(8)4-24)34-19-18(32)16(17(31)13(6-30)33-19)29-5-12(26-28-29)7-1-9(21)15(23)10(22)2-7/h1-3,5,13,16-19,30-32H,6H2/t13?,16?,17-,18?,19+/m0/s1. The fraction of sp³-hybridized carbons (Fsp3) is 0.316. The second-order valence-corrected chi connectivity index (χ2v) is 8.67. The molecule has 5 atom stereocenters. The topological polar surface area (TPSA) is 150 Å². The normalized spacial score (nSPS) is 24.7. The molecule has 0 bridgehead atoms. The maximum atomic E-state index is 13.6. The van der Waals surface area contributed by atoms with E-state index in [2.05, 4.69) is 20.5 Å². The molecule has 3 heterocycles. The third-order valence-electron chi connectivity index (χ3n) is 5.01. The number of hydrogen-bond donors (Lipinski definition) is 3. The molecular weight excluding hydrogens is 501 g/mol. The van der Waals surface area contributed by atoms with Crippen molar-refractivity contribution in [3.05, 3.63) is 52.6 Å². The summed E-state index contributed by atoms with van der Waals surface area (Å²) in [7, 11) is 0. The molecule has 1 aliphatic rings. The first-order chi connectivity index (χ1) is 16.2. The monoisotopic (exact) mass is 514 g/mol. The zero-order valence-electron chi connectivity index (χ0n) is 16.8. The predicted octanol–water partition coefficient (Wildman–Crippen LogP) is 1.45. The van der Waals surface area contributed by atoms with Gasteiger partial charge in [-0.25, -0.2) is 17.9 Å². The first-order valence-electron chi connectivity index (χ1n) is 9.52. The van der Waals surface area contributed by atoms with Crippen molar-refractivity contribution in [1.29, 1.82) is 5.26 Å². The highest BCUT2D eigenvalue weighted by Gasteiger charge is 2.46. The summed E-state index contributed by atoms with van der Waals surface area (Å²) < 4.78 is 47.1. The number of rotatable bonds is 5. The van der Waals surface area contributed by atoms with Gasteiger partial charge in [-0.2, -0.15) is 5.26 Å². The maximum Gasteiger partial charge on any atom is 0.194 e. The molecule has 1 aliphatic heterocycles. The van der Waals surface area contributed by atoms with Gasteiger partial charge < -0.3 is 20.1 Å². The Morgan fingerprint density at radius 1 is 1.12 bits per heavy atom. The van der Waals surface area contributed by atoms with E-state index in [9.17, 15) is 28.5 Å². The van der Waals surface area contributed by atoms with Gasteiger partial charge in [0.2, 0.25) is 0 Å². The minimum Gasteiger partial charge on any atom is -0.394 e. The predicted molar refractivity (Wildman–Crippen MR) is 110 cm³/mol. The van der Waals surface area contributed by atoms with Crippen molar-refractivity contribution >= 4 is 23.4 Å². The Labute approximate surface area is 198 Å². The lowest BCUT2D eigenvalue weighted by atomic mass is 9.97. The summed E-state index contributed by atoms with van der Waals surface area (Å²) in [5.41, 5.74) is -1.37. The number of nitrogens with zero attached hydrogens (tertiary/aromatic N) is 6. The first kappa shape index (κ1) is 24.3. The van der Waals surface area contributed by atoms with Gasteiger partial charge in [-0.15, -0.1) is 15.3 Å². The number of aromatic nitrogens is 5. The Hall–Kier alpha value is -2.80. The Bertz CT molecular complexity index is 1240. The molecular formula is C19H14ClF3N6O4S. The van der Waals surface area contributed by atoms with Crippen LogP contribution in [0.5, 0.6) is 0 Å². The molecule has 0 spiro atoms. The van der Waals surface area contributed by atoms with E-state index in [1.165, 1.54) is 12.3 Å². The van der Waals surface area contributed by atoms with E-state index in [-0.39, 0.29) is 27.0 Å². The van der Waals surface area contributed by atoms with Crippen molar-refractivity contribution < 1.29 is 33.2 Å². The van der Waals surface area contributed by atoms with Crippen LogP contribution in [0.15, 0.2) is 29.4 Å². The number of benzene rings is 1. The highest BCUT2D eigenvalue weighted by molar-refractivity contribution is 7.99. The van der Waals surface area contributed by atoms with Gasteiger partial charge >= 0.3 is 0 Å². The van der Waals surface area contributed by atoms with Crippen LogP contribution in [0.3, 0.4) is 0 Å². The van der Waals surface area contributed by atoms with Gasteiger partial charge in [0, 0.05) is 5.56 Å². The van der Waals surface area contributed by atoms with Gasteiger partial charge in [0.15, 0.2) is 23.1 Å². The third kappa shape index (κ3) is 4.58. The molecule has 1 fully saturated rings. The Balaban J connectivity index is 1.63. The second-order valence-electron chi connectivity index (χ2n) is 7.14. The molecule has 3 unspecified atom stereocenters. The number of thioether (sulfide) groups is 1. The van der Waals surface area contributed by atoms with Crippen molar-refractivity contribution in [3.8, 4) is 17.3 Å². The van der Waals surface area contributed by atoms with E-state index >= 15 is 0 Å². The van der Waals surface area contributed by atoms with Crippen LogP contribution in [0, 0.1) is 28.8 Å². The van der Waals surface area contributed by atoms with Crippen molar-refractivity contribution in [2.75, 3.05) is 6.61 Å². The summed E-state index contributed by atoms with van der Waals surface area (Å²) in [4.78, 5) is 0. The lowest BCUT2D eigenvalue weighted by molar-refractivity contribution is -0.178. The molecule has 15 heteroatoms. The fourth-order valence-corrected chi connectivity index (χ4v) is 4.60. The van der Waals surface area contributed by atoms with Gasteiger partial charge in [-0.05, 0) is 18.2 Å². The molecule has 34 heavy (non-hydrogen) atoms. The molecule has 2 aromatic heterocycles. The Kier molecular flexibility index (Phi) is 7.03. The highest BCUT2D eigenvalue weighted by Crippen LogP contribution is 2.38. The van der Waals surface area contributed by atoms with Crippen LogP contribution in [0.2, 0.25) is 5.02 Å². The average molecular weight is 515 g/mol. The number of aliphatic hydroxyl groups is 3. The van der Waals surface area contributed by atoms with E-state index in [1.807, 2.05) is 0 Å². The van der Waals surface area contributed by atoms with Gasteiger partial charge in [-0.3, -0.25) is 0 Å². The number of aliphatic hydroxyl groups excluding tert-OH is 3. The van der Waals surface area contributed by atoms with E-state index in [0.717, 1.165) is 28.6 Å². The van der Waals surface area contributed by atoms with Crippen molar-refractivity contribution in [2.45, 2.75) is 34.8 Å². The Morgan fingerprint density at radius 2 is 1.82 bits per heavy atom. The summed E-state index contributed by atoms with van der Waals surface area (Å²) >= 11 is 6.83. The van der Waals surface area contributed by atoms with Crippen LogP contribution in [-0.4, -0.2) is 70.9 Å². The van der Waals surface area contributed by atoms with Crippen LogP contribution in [-0.2, 0) is 4.74 Å². The molecule has 1 aromatic carbocycles. The number of halogens is 4. The third-order valence-corrected chi connectivity index (χ3v) is 6.36. The lowest BCUT2D eigenvalue weighted by Gasteiger charge is -2.41. The van der Waals surface area contributed by atoms with Crippen molar-refractivity contribution in [2.24, 2.45) is 0 Å². The molecule has 4 rings (SSSR count). The molecule has 3 aromatic rings. The van der Waals surface area contributed by atoms with E-state index < -0.39 is 53.8 Å². The minimum absolute atomic E-state index is 0.0280. The number of nitriles is 1. The first-order valence-corrected chi connectivity index (χ1v) is 10.8. The Morgan fingerprint density at radius 3 is 2.44 bits per heavy atom. The minimum atomic E-state index is -1.64. The maximum absolute atomic E-state index is 13.6. The highest BCUT2D eigenvalue weighted by atomic mass is 35.5. The van der Waals surface area contributed by atoms with Gasteiger partial charge in [0.25, 0.3) is 0 Å². The summed E-state index contributed by atoms with van der Waals surface area (Å²) in [6.07, 6.45) is -2.86. The smallest absolute Gasteiger partial charge is 0.194 e. The van der Waals surface area contributed by atoms with Gasteiger partial charge in [-0.1, -0.05) is 28.6 Å². The SMILES string of the molecule is N#Cc1nnc(S[C@H]2OC(CO)[C@H](O)C(n3cc(-c4cc(F)c(F)c(F)c4)nn3)C2O)cc1Cl. The number of ether oxygens (including phenoxy) is 1. The number of hydrogen-bond acceptors (Lipinski definition) is 10. The molecule has 0 aliphatic carbocycles. The molecule has 0 radical (unpaired) electrons. The summed E-state index contributed by atoms with van der Waals surface area (Å²) in [6, 6.07) is 3.35. The lowest BCUT2D eigenvalue weighted by Crippen LogP contribution is -2.55. The zero-order valence-corrected chi connectivity index (χ0v) is 18.3. The van der Waals surface area contributed by atoms with E-state index in [0.29, 0.717) is 0 Å². The van der Waals surface area contributed by atoms with Crippen molar-refractivity contribution in [1.82, 2.24) is 25.2 Å². The second kappa shape index (κ2) is 9.82. The quantitative estimate of drug-likeness (QED) is 0.427. The van der Waals surface area contributed by atoms with Crippen molar-refractivity contribution in [3.63, 3.8) is 0 Å². The molecule has 10 nitrogen and oxygen atoms in total. The molecule has 1 saturated heterocycles. The van der Waals surface area contributed by atoms with Crippen LogP contribution in [0.1, 0.15) is 11.7 Å². The summed E-state index contributed by atoms with van der Waals surface area (Å²) in [6.45, 7) is -0.614. The molecule has 0 amide bonds. The van der Waals surface area contributed by atoms with Crippen LogP contribution < -0.4 is 0 Å². The van der Waals surface area contributed by atoms with Crippen LogP contribution in [0.4, 0.5) is 13.2 Å². The van der Waals surface area contributed by atoms with Crippen LogP contribution in [0.25, 0.3) is 11.3 Å². The average Bonchev–Trinajstić information content (AvgIpc) is 3.29. The molecule has 3 N–H and O–H groups in total. The molecule has 0 saturated carbocycles. The van der Waals surface area contributed by atoms with E-state index in [4.69, 9.17) is 21.6 Å². The van der Waals surface area contributed by atoms with E-state index in [1.54, 1.807) is 6.07 Å². The fourth-order valence-electron chi connectivity index (χ4n) is 3.34. The van der Waals surface area contributed by atoms with Gasteiger partial charge in [0.1, 0.15) is 46.6 Å². The largest absolute Gasteiger partial charge is 0.394 e. The zero-order chi connectivity index (χ0) is 24.6. The summed E-state index contributed by atoms with van der Waals surface area (Å²) in [5.74, 6) is -4.48. The summed E-state index contributed by atoms with van der Waals surface area (Å²) in [5, 5.41) is 55.5.